The van der Waals surface area contributed by atoms with Gasteiger partial charge in [-0.05, 0) is 65.2 Å². The Bertz CT molecular complexity index is 307. The number of halogens is 1. The Labute approximate surface area is 118 Å². The highest BCUT2D eigenvalue weighted by molar-refractivity contribution is 6.13. The van der Waals surface area contributed by atoms with Crippen molar-refractivity contribution in [1.82, 2.24) is 4.42 Å². The summed E-state index contributed by atoms with van der Waals surface area (Å²) in [5.74, 6) is 0. The highest BCUT2D eigenvalue weighted by atomic mass is 35.5. The molecule has 0 bridgehead atoms. The Kier molecular flexibility index (Phi) is 10.1. The molecule has 0 aliphatic rings. The fourth-order valence-electron chi connectivity index (χ4n) is 1.62. The van der Waals surface area contributed by atoms with Crippen LogP contribution in [-0.2, 0) is 0 Å². The second-order valence-corrected chi connectivity index (χ2v) is 5.82. The van der Waals surface area contributed by atoms with E-state index in [1.807, 2.05) is 7.05 Å². The monoisotopic (exact) mass is 269 g/mol. The SMILES string of the molecule is CC(C)=CCC/C(C)=C/CC/C(C)=C/CN(C)Cl. The fraction of sp³-hybridized carbons (Fsp3) is 0.625. The second kappa shape index (κ2) is 10.4. The summed E-state index contributed by atoms with van der Waals surface area (Å²) in [5, 5.41) is 0. The number of rotatable bonds is 8. The molecule has 0 saturated heterocycles. The quantitative estimate of drug-likeness (QED) is 0.416. The molecule has 0 radical (unpaired) electrons. The Balaban J connectivity index is 3.86. The lowest BCUT2D eigenvalue weighted by Crippen LogP contribution is -2.03. The van der Waals surface area contributed by atoms with E-state index in [4.69, 9.17) is 11.8 Å². The van der Waals surface area contributed by atoms with Gasteiger partial charge in [-0.25, -0.2) is 4.42 Å². The van der Waals surface area contributed by atoms with Crippen LogP contribution >= 0.6 is 11.8 Å². The fourth-order valence-corrected chi connectivity index (χ4v) is 1.69. The Morgan fingerprint density at radius 2 is 1.39 bits per heavy atom. The van der Waals surface area contributed by atoms with E-state index in [9.17, 15) is 0 Å². The molecule has 0 saturated carbocycles. The highest BCUT2D eigenvalue weighted by Gasteiger charge is 1.93. The first kappa shape index (κ1) is 17.5. The smallest absolute Gasteiger partial charge is 0.0319 e. The van der Waals surface area contributed by atoms with Crippen LogP contribution in [0, 0.1) is 0 Å². The maximum Gasteiger partial charge on any atom is 0.0319 e. The Morgan fingerprint density at radius 1 is 0.889 bits per heavy atom. The average Bonchev–Trinajstić information content (AvgIpc) is 2.25. The molecule has 2 heteroatoms. The largest absolute Gasteiger partial charge is 0.219 e. The molecule has 0 heterocycles. The van der Waals surface area contributed by atoms with Gasteiger partial charge in [-0.3, -0.25) is 0 Å². The van der Waals surface area contributed by atoms with Gasteiger partial charge in [-0.15, -0.1) is 0 Å². The normalized spacial score (nSPS) is 13.1. The molecule has 0 rings (SSSR count). The van der Waals surface area contributed by atoms with Crippen molar-refractivity contribution < 1.29 is 0 Å². The van der Waals surface area contributed by atoms with Gasteiger partial charge in [0, 0.05) is 13.6 Å². The van der Waals surface area contributed by atoms with Crippen molar-refractivity contribution >= 4 is 11.8 Å². The molecule has 0 aromatic rings. The van der Waals surface area contributed by atoms with E-state index in [1.165, 1.54) is 23.1 Å². The summed E-state index contributed by atoms with van der Waals surface area (Å²) in [6.07, 6.45) is 11.5. The van der Waals surface area contributed by atoms with E-state index in [1.54, 1.807) is 4.42 Å². The minimum Gasteiger partial charge on any atom is -0.219 e. The predicted molar refractivity (Wildman–Crippen MR) is 83.9 cm³/mol. The first-order valence-electron chi connectivity index (χ1n) is 6.73. The molecule has 0 aliphatic carbocycles. The first-order chi connectivity index (χ1) is 8.41. The standard InChI is InChI=1S/C16H28ClN/c1-14(2)8-6-9-15(3)10-7-11-16(4)12-13-18(5)17/h8,10,12H,6-7,9,11,13H2,1-5H3/b15-10+,16-12+. The molecule has 1 nitrogen and oxygen atoms in total. The van der Waals surface area contributed by atoms with Crippen LogP contribution in [0.5, 0.6) is 0 Å². The van der Waals surface area contributed by atoms with Gasteiger partial charge in [0.1, 0.15) is 0 Å². The third-order valence-electron chi connectivity index (χ3n) is 2.81. The number of likely N-dealkylation sites (N-methyl/N-ethyl adjacent to an activating group) is 1. The van der Waals surface area contributed by atoms with E-state index in [2.05, 4.69) is 45.9 Å². The molecule has 0 fully saturated rings. The van der Waals surface area contributed by atoms with E-state index in [-0.39, 0.29) is 0 Å². The average molecular weight is 270 g/mol. The Morgan fingerprint density at radius 3 is 1.89 bits per heavy atom. The van der Waals surface area contributed by atoms with Crippen molar-refractivity contribution in [3.05, 3.63) is 34.9 Å². The van der Waals surface area contributed by atoms with Gasteiger partial charge < -0.3 is 0 Å². The van der Waals surface area contributed by atoms with Gasteiger partial charge in [-0.2, -0.15) is 0 Å². The predicted octanol–water partition coefficient (Wildman–Crippen LogP) is 5.49. The maximum absolute atomic E-state index is 5.76. The van der Waals surface area contributed by atoms with Crippen molar-refractivity contribution in [2.24, 2.45) is 0 Å². The Hall–Kier alpha value is -0.530. The van der Waals surface area contributed by atoms with E-state index in [0.29, 0.717) is 0 Å². The van der Waals surface area contributed by atoms with Crippen LogP contribution in [0.1, 0.15) is 53.4 Å². The molecule has 104 valence electrons. The molecule has 0 N–H and O–H groups in total. The van der Waals surface area contributed by atoms with E-state index >= 15 is 0 Å². The van der Waals surface area contributed by atoms with Crippen molar-refractivity contribution in [3.63, 3.8) is 0 Å². The lowest BCUT2D eigenvalue weighted by Gasteiger charge is -2.04. The zero-order valence-electron chi connectivity index (χ0n) is 12.6. The zero-order chi connectivity index (χ0) is 14.0. The van der Waals surface area contributed by atoms with Gasteiger partial charge in [0.05, 0.1) is 0 Å². The number of nitrogens with zero attached hydrogens (tertiary/aromatic N) is 1. The molecule has 0 unspecified atom stereocenters. The van der Waals surface area contributed by atoms with Crippen molar-refractivity contribution in [2.45, 2.75) is 53.4 Å². The van der Waals surface area contributed by atoms with Gasteiger partial charge in [0.25, 0.3) is 0 Å². The van der Waals surface area contributed by atoms with Crippen LogP contribution in [0.15, 0.2) is 34.9 Å². The van der Waals surface area contributed by atoms with E-state index < -0.39 is 0 Å². The van der Waals surface area contributed by atoms with Crippen LogP contribution in [0.2, 0.25) is 0 Å². The summed E-state index contributed by atoms with van der Waals surface area (Å²) in [5.41, 5.74) is 4.32. The van der Waals surface area contributed by atoms with Crippen LogP contribution in [0.3, 0.4) is 0 Å². The molecule has 0 aliphatic heterocycles. The minimum atomic E-state index is 0.816. The molecular weight excluding hydrogens is 242 g/mol. The molecule has 0 amide bonds. The topological polar surface area (TPSA) is 3.24 Å². The zero-order valence-corrected chi connectivity index (χ0v) is 13.3. The molecule has 0 atom stereocenters. The lowest BCUT2D eigenvalue weighted by atomic mass is 10.1. The maximum atomic E-state index is 5.76. The van der Waals surface area contributed by atoms with Crippen LogP contribution < -0.4 is 0 Å². The minimum absolute atomic E-state index is 0.816. The highest BCUT2D eigenvalue weighted by Crippen LogP contribution is 2.11. The molecule has 0 aromatic heterocycles. The summed E-state index contributed by atoms with van der Waals surface area (Å²) < 4.78 is 1.67. The van der Waals surface area contributed by atoms with Crippen LogP contribution in [0.25, 0.3) is 0 Å². The van der Waals surface area contributed by atoms with Crippen molar-refractivity contribution in [2.75, 3.05) is 13.6 Å². The summed E-state index contributed by atoms with van der Waals surface area (Å²) in [6.45, 7) is 9.52. The summed E-state index contributed by atoms with van der Waals surface area (Å²) in [4.78, 5) is 0. The summed E-state index contributed by atoms with van der Waals surface area (Å²) in [6, 6.07) is 0. The number of hydrogen-bond donors (Lipinski definition) is 0. The number of hydrogen-bond acceptors (Lipinski definition) is 1. The summed E-state index contributed by atoms with van der Waals surface area (Å²) >= 11 is 5.76. The molecule has 0 spiro atoms. The molecule has 18 heavy (non-hydrogen) atoms. The second-order valence-electron chi connectivity index (χ2n) is 5.25. The van der Waals surface area contributed by atoms with Crippen LogP contribution in [-0.4, -0.2) is 18.0 Å². The molecule has 0 aromatic carbocycles. The third kappa shape index (κ3) is 11.9. The van der Waals surface area contributed by atoms with Gasteiger partial charge in [-0.1, -0.05) is 34.9 Å². The van der Waals surface area contributed by atoms with Gasteiger partial charge in [0.2, 0.25) is 0 Å². The van der Waals surface area contributed by atoms with Gasteiger partial charge in [0.15, 0.2) is 0 Å². The lowest BCUT2D eigenvalue weighted by molar-refractivity contribution is 0.612. The van der Waals surface area contributed by atoms with Crippen molar-refractivity contribution in [1.29, 1.82) is 0 Å². The molecular formula is C16H28ClN. The summed E-state index contributed by atoms with van der Waals surface area (Å²) in [7, 11) is 1.87. The number of allylic oxidation sites excluding steroid dienone is 5. The third-order valence-corrected chi connectivity index (χ3v) is 2.95. The van der Waals surface area contributed by atoms with Gasteiger partial charge >= 0.3 is 0 Å². The van der Waals surface area contributed by atoms with E-state index in [0.717, 1.165) is 25.8 Å². The first-order valence-corrected chi connectivity index (χ1v) is 7.07. The van der Waals surface area contributed by atoms with Crippen LogP contribution in [0.4, 0.5) is 0 Å². The van der Waals surface area contributed by atoms with Crippen molar-refractivity contribution in [3.8, 4) is 0 Å².